The summed E-state index contributed by atoms with van der Waals surface area (Å²) in [6.07, 6.45) is -3.30. The summed E-state index contributed by atoms with van der Waals surface area (Å²) in [5.74, 6) is -0.313. The van der Waals surface area contributed by atoms with Crippen LogP contribution in [0.3, 0.4) is 0 Å². The summed E-state index contributed by atoms with van der Waals surface area (Å²) in [5, 5.41) is 20.3. The van der Waals surface area contributed by atoms with Gasteiger partial charge in [0.1, 0.15) is 18.0 Å². The molecule has 4 rings (SSSR count). The van der Waals surface area contributed by atoms with Gasteiger partial charge >= 0.3 is 6.09 Å². The van der Waals surface area contributed by atoms with Crippen LogP contribution in [0.4, 0.5) is 4.79 Å². The average Bonchev–Trinajstić information content (AvgIpc) is 3.00. The lowest BCUT2D eigenvalue weighted by Crippen LogP contribution is -2.26. The maximum Gasteiger partial charge on any atom is 0.404 e. The number of ketones is 2. The van der Waals surface area contributed by atoms with E-state index in [1.54, 1.807) is 6.07 Å². The van der Waals surface area contributed by atoms with Crippen LogP contribution in [-0.4, -0.2) is 41.1 Å². The molecule has 0 heterocycles. The zero-order valence-electron chi connectivity index (χ0n) is 14.9. The van der Waals surface area contributed by atoms with Gasteiger partial charge in [-0.3, -0.25) is 9.59 Å². The first kappa shape index (κ1) is 18.1. The van der Waals surface area contributed by atoms with Crippen LogP contribution in [0.15, 0.2) is 24.3 Å². The zero-order chi connectivity index (χ0) is 20.2. The first-order chi connectivity index (χ1) is 13.4. The highest BCUT2D eigenvalue weighted by atomic mass is 16.6. The Kier molecular flexibility index (Phi) is 4.17. The smallest absolute Gasteiger partial charge is 0.404 e. The summed E-state index contributed by atoms with van der Waals surface area (Å²) >= 11 is 0. The second-order valence-electron chi connectivity index (χ2n) is 6.70. The van der Waals surface area contributed by atoms with Gasteiger partial charge in [0.25, 0.3) is 0 Å². The molecule has 0 bridgehead atoms. The first-order valence-corrected chi connectivity index (χ1v) is 8.58. The van der Waals surface area contributed by atoms with Crippen LogP contribution in [0.2, 0.25) is 0 Å². The van der Waals surface area contributed by atoms with E-state index >= 15 is 0 Å². The van der Waals surface area contributed by atoms with E-state index in [1.807, 2.05) is 0 Å². The second kappa shape index (κ2) is 6.43. The highest BCUT2D eigenvalue weighted by Gasteiger charge is 2.42. The molecule has 1 amide bonds. The molecule has 2 aromatic rings. The number of rotatable bonds is 3. The Balaban J connectivity index is 1.92. The van der Waals surface area contributed by atoms with E-state index in [0.29, 0.717) is 22.4 Å². The van der Waals surface area contributed by atoms with Crippen molar-refractivity contribution in [1.29, 1.82) is 0 Å². The van der Waals surface area contributed by atoms with Gasteiger partial charge in [0, 0.05) is 28.7 Å². The standard InChI is InChI=1S/C20H17NO7/c1-27-9-2-3-10-11(5-9)17(23)13-4-8(7-22)15-12(16(13)18(10)24)6-14(19(15)25)28-20(21)26/h2-5,14,19,22,25H,6-7H2,1H3,(H2,21,26). The Morgan fingerprint density at radius 2 is 1.93 bits per heavy atom. The van der Waals surface area contributed by atoms with Gasteiger partial charge in [-0.15, -0.1) is 0 Å². The molecule has 8 heteroatoms. The lowest BCUT2D eigenvalue weighted by atomic mass is 9.79. The van der Waals surface area contributed by atoms with Crippen LogP contribution in [0, 0.1) is 0 Å². The van der Waals surface area contributed by atoms with Crippen LogP contribution >= 0.6 is 0 Å². The van der Waals surface area contributed by atoms with Crippen molar-refractivity contribution in [3.05, 3.63) is 63.2 Å². The van der Waals surface area contributed by atoms with Crippen LogP contribution in [0.5, 0.6) is 5.75 Å². The Bertz CT molecular complexity index is 1040. The molecule has 2 aliphatic rings. The third-order valence-corrected chi connectivity index (χ3v) is 5.24. The lowest BCUT2D eigenvalue weighted by Gasteiger charge is -2.22. The topological polar surface area (TPSA) is 136 Å². The van der Waals surface area contributed by atoms with Crippen molar-refractivity contribution in [2.75, 3.05) is 7.11 Å². The van der Waals surface area contributed by atoms with E-state index in [0.717, 1.165) is 0 Å². The van der Waals surface area contributed by atoms with E-state index in [1.165, 1.54) is 25.3 Å². The Morgan fingerprint density at radius 1 is 1.18 bits per heavy atom. The maximum absolute atomic E-state index is 13.2. The molecule has 0 saturated carbocycles. The molecule has 8 nitrogen and oxygen atoms in total. The molecule has 0 aliphatic heterocycles. The first-order valence-electron chi connectivity index (χ1n) is 8.58. The molecule has 2 atom stereocenters. The van der Waals surface area contributed by atoms with Gasteiger partial charge in [-0.25, -0.2) is 4.79 Å². The highest BCUT2D eigenvalue weighted by molar-refractivity contribution is 6.29. The summed E-state index contributed by atoms with van der Waals surface area (Å²) in [4.78, 5) is 37.4. The monoisotopic (exact) mass is 383 g/mol. The number of fused-ring (bicyclic) bond motifs is 4. The minimum Gasteiger partial charge on any atom is -0.497 e. The van der Waals surface area contributed by atoms with Crippen molar-refractivity contribution in [2.45, 2.75) is 25.2 Å². The fourth-order valence-electron chi connectivity index (χ4n) is 4.03. The SMILES string of the molecule is COc1ccc2c(c1)C(=O)c1cc(CO)c3c(c1C2=O)CC(OC(N)=O)C3O. The minimum absolute atomic E-state index is 0.0140. The molecule has 0 radical (unpaired) electrons. The molecule has 0 saturated heterocycles. The predicted octanol–water partition coefficient (Wildman–Crippen LogP) is 1.02. The van der Waals surface area contributed by atoms with Crippen molar-refractivity contribution >= 4 is 17.7 Å². The number of hydrogen-bond acceptors (Lipinski definition) is 7. The molecule has 144 valence electrons. The number of aliphatic hydroxyl groups excluding tert-OH is 2. The summed E-state index contributed by atoms with van der Waals surface area (Å²) in [6, 6.07) is 6.02. The average molecular weight is 383 g/mol. The quantitative estimate of drug-likeness (QED) is 0.614. The number of benzene rings is 2. The fourth-order valence-corrected chi connectivity index (χ4v) is 4.03. The zero-order valence-corrected chi connectivity index (χ0v) is 14.9. The summed E-state index contributed by atoms with van der Waals surface area (Å²) in [6.45, 7) is -0.456. The molecule has 2 aliphatic carbocycles. The minimum atomic E-state index is -1.25. The predicted molar refractivity (Wildman–Crippen MR) is 95.3 cm³/mol. The van der Waals surface area contributed by atoms with Crippen molar-refractivity contribution in [1.82, 2.24) is 0 Å². The maximum atomic E-state index is 13.2. The van der Waals surface area contributed by atoms with E-state index in [-0.39, 0.29) is 40.2 Å². The Hall–Kier alpha value is -3.23. The van der Waals surface area contributed by atoms with Crippen LogP contribution in [0.1, 0.15) is 54.6 Å². The number of hydrogen-bond donors (Lipinski definition) is 3. The van der Waals surface area contributed by atoms with Crippen molar-refractivity contribution < 1.29 is 34.1 Å². The normalized spacial score (nSPS) is 19.7. The number of carbonyl (C=O) groups excluding carboxylic acids is 3. The largest absolute Gasteiger partial charge is 0.497 e. The third kappa shape index (κ3) is 2.49. The van der Waals surface area contributed by atoms with Crippen LogP contribution in [0.25, 0.3) is 0 Å². The van der Waals surface area contributed by atoms with Gasteiger partial charge < -0.3 is 25.4 Å². The van der Waals surface area contributed by atoms with E-state index < -0.39 is 24.9 Å². The molecule has 2 unspecified atom stereocenters. The molecule has 0 spiro atoms. The molecule has 0 aromatic heterocycles. The number of methoxy groups -OCH3 is 1. The van der Waals surface area contributed by atoms with E-state index in [9.17, 15) is 24.6 Å². The number of aliphatic hydroxyl groups is 2. The molecular formula is C20H17NO7. The Morgan fingerprint density at radius 3 is 2.57 bits per heavy atom. The molecule has 0 fully saturated rings. The highest BCUT2D eigenvalue weighted by Crippen LogP contribution is 2.42. The molecular weight excluding hydrogens is 366 g/mol. The molecule has 28 heavy (non-hydrogen) atoms. The Labute approximate surface area is 159 Å². The van der Waals surface area contributed by atoms with Gasteiger partial charge in [0.05, 0.1) is 13.7 Å². The molecule has 4 N–H and O–H groups in total. The van der Waals surface area contributed by atoms with E-state index in [4.69, 9.17) is 15.2 Å². The number of nitrogens with two attached hydrogens (primary N) is 1. The fraction of sp³-hybridized carbons (Fsp3) is 0.250. The summed E-state index contributed by atoms with van der Waals surface area (Å²) in [5.41, 5.74) is 6.78. The number of primary amides is 1. The van der Waals surface area contributed by atoms with Crippen LogP contribution < -0.4 is 10.5 Å². The summed E-state index contributed by atoms with van der Waals surface area (Å²) < 4.78 is 10.1. The summed E-state index contributed by atoms with van der Waals surface area (Å²) in [7, 11) is 1.46. The van der Waals surface area contributed by atoms with Gasteiger partial charge in [-0.1, -0.05) is 0 Å². The van der Waals surface area contributed by atoms with Crippen LogP contribution in [-0.2, 0) is 17.8 Å². The van der Waals surface area contributed by atoms with Crippen molar-refractivity contribution in [3.8, 4) is 5.75 Å². The second-order valence-corrected chi connectivity index (χ2v) is 6.70. The van der Waals surface area contributed by atoms with Gasteiger partial charge in [-0.05, 0) is 41.0 Å². The van der Waals surface area contributed by atoms with Crippen molar-refractivity contribution in [3.63, 3.8) is 0 Å². The number of carbonyl (C=O) groups is 3. The lowest BCUT2D eigenvalue weighted by molar-refractivity contribution is 0.0164. The molecule has 2 aromatic carbocycles. The van der Waals surface area contributed by atoms with Gasteiger partial charge in [-0.2, -0.15) is 0 Å². The van der Waals surface area contributed by atoms with Crippen molar-refractivity contribution in [2.24, 2.45) is 5.73 Å². The van der Waals surface area contributed by atoms with Gasteiger partial charge in [0.15, 0.2) is 11.6 Å². The van der Waals surface area contributed by atoms with E-state index in [2.05, 4.69) is 0 Å². The number of amides is 1. The van der Waals surface area contributed by atoms with Gasteiger partial charge in [0.2, 0.25) is 0 Å². The third-order valence-electron chi connectivity index (χ3n) is 5.24. The number of ether oxygens (including phenoxy) is 2.